The first-order chi connectivity index (χ1) is 13.4. The van der Waals surface area contributed by atoms with Gasteiger partial charge in [0, 0.05) is 44.1 Å². The van der Waals surface area contributed by atoms with Gasteiger partial charge in [0.25, 0.3) is 5.91 Å². The molecule has 0 N–H and O–H groups in total. The van der Waals surface area contributed by atoms with E-state index in [2.05, 4.69) is 9.97 Å². The van der Waals surface area contributed by atoms with Gasteiger partial charge in [0.2, 0.25) is 10.0 Å². The predicted octanol–water partition coefficient (Wildman–Crippen LogP) is 1.92. The van der Waals surface area contributed by atoms with Gasteiger partial charge in [0.15, 0.2) is 0 Å². The highest BCUT2D eigenvalue weighted by Gasteiger charge is 2.30. The minimum atomic E-state index is -3.71. The van der Waals surface area contributed by atoms with Crippen molar-refractivity contribution >= 4 is 27.0 Å². The van der Waals surface area contributed by atoms with Crippen molar-refractivity contribution in [3.63, 3.8) is 0 Å². The number of carbonyl (C=O) groups is 1. The first kappa shape index (κ1) is 18.5. The molecule has 28 heavy (non-hydrogen) atoms. The van der Waals surface area contributed by atoms with Gasteiger partial charge in [-0.3, -0.25) is 14.8 Å². The Labute approximate surface area is 161 Å². The molecule has 2 heterocycles. The van der Waals surface area contributed by atoms with E-state index in [4.69, 9.17) is 0 Å². The fourth-order valence-corrected chi connectivity index (χ4v) is 4.59. The lowest BCUT2D eigenvalue weighted by molar-refractivity contribution is 0.0698. The summed E-state index contributed by atoms with van der Waals surface area (Å²) in [6.45, 7) is 0.910. The summed E-state index contributed by atoms with van der Waals surface area (Å²) in [5, 5.41) is 0. The molecule has 0 spiro atoms. The van der Waals surface area contributed by atoms with Crippen LogP contribution in [0.4, 0.5) is 4.39 Å². The van der Waals surface area contributed by atoms with E-state index >= 15 is 0 Å². The molecule has 9 heteroatoms. The van der Waals surface area contributed by atoms with Crippen molar-refractivity contribution in [3.8, 4) is 0 Å². The molecule has 4 rings (SSSR count). The monoisotopic (exact) mass is 400 g/mol. The Morgan fingerprint density at radius 2 is 1.54 bits per heavy atom. The van der Waals surface area contributed by atoms with Crippen molar-refractivity contribution in [2.24, 2.45) is 0 Å². The highest BCUT2D eigenvalue weighted by molar-refractivity contribution is 7.89. The van der Waals surface area contributed by atoms with Crippen LogP contribution >= 0.6 is 0 Å². The fraction of sp³-hybridized carbons (Fsp3) is 0.211. The molecule has 0 saturated carbocycles. The van der Waals surface area contributed by atoms with Gasteiger partial charge in [-0.05, 0) is 42.5 Å². The first-order valence-electron chi connectivity index (χ1n) is 8.71. The first-order valence-corrected chi connectivity index (χ1v) is 10.1. The number of hydrogen-bond acceptors (Lipinski definition) is 5. The van der Waals surface area contributed by atoms with E-state index < -0.39 is 15.8 Å². The van der Waals surface area contributed by atoms with Crippen LogP contribution in [0.2, 0.25) is 0 Å². The zero-order valence-corrected chi connectivity index (χ0v) is 15.6. The van der Waals surface area contributed by atoms with E-state index in [-0.39, 0.29) is 37.0 Å². The Morgan fingerprint density at radius 1 is 0.893 bits per heavy atom. The summed E-state index contributed by atoms with van der Waals surface area (Å²) in [6.07, 6.45) is 3.15. The number of fused-ring (bicyclic) bond motifs is 1. The highest BCUT2D eigenvalue weighted by atomic mass is 32.2. The van der Waals surface area contributed by atoms with E-state index in [1.807, 2.05) is 0 Å². The number of piperazine rings is 1. The minimum absolute atomic E-state index is 0.0433. The van der Waals surface area contributed by atoms with E-state index in [1.165, 1.54) is 16.4 Å². The Hall–Kier alpha value is -2.91. The lowest BCUT2D eigenvalue weighted by Gasteiger charge is -2.34. The molecule has 0 bridgehead atoms. The maximum atomic E-state index is 13.1. The Morgan fingerprint density at radius 3 is 2.21 bits per heavy atom. The summed E-state index contributed by atoms with van der Waals surface area (Å²) >= 11 is 0. The lowest BCUT2D eigenvalue weighted by atomic mass is 10.1. The molecule has 7 nitrogen and oxygen atoms in total. The molecule has 1 aliphatic heterocycles. The zero-order valence-electron chi connectivity index (χ0n) is 14.8. The van der Waals surface area contributed by atoms with E-state index in [0.29, 0.717) is 16.6 Å². The average molecular weight is 400 g/mol. The van der Waals surface area contributed by atoms with Crippen LogP contribution in [0.3, 0.4) is 0 Å². The molecule has 144 valence electrons. The number of sulfonamides is 1. The number of nitrogens with zero attached hydrogens (tertiary/aromatic N) is 4. The van der Waals surface area contributed by atoms with Crippen molar-refractivity contribution in [1.29, 1.82) is 0 Å². The molecule has 0 unspecified atom stereocenters. The summed E-state index contributed by atoms with van der Waals surface area (Å²) < 4.78 is 39.7. The third-order valence-electron chi connectivity index (χ3n) is 4.69. The molecular formula is C19H17FN4O3S. The molecule has 1 fully saturated rings. The van der Waals surface area contributed by atoms with E-state index in [0.717, 1.165) is 12.1 Å². The number of aromatic nitrogens is 2. The maximum absolute atomic E-state index is 13.1. The summed E-state index contributed by atoms with van der Waals surface area (Å²) in [7, 11) is -3.71. The summed E-state index contributed by atoms with van der Waals surface area (Å²) in [5.74, 6) is -0.666. The molecule has 0 atom stereocenters. The van der Waals surface area contributed by atoms with Crippen molar-refractivity contribution < 1.29 is 17.6 Å². The molecule has 0 aliphatic carbocycles. The number of amides is 1. The van der Waals surface area contributed by atoms with Crippen LogP contribution in [0.25, 0.3) is 11.0 Å². The number of carbonyl (C=O) groups excluding carboxylic acids is 1. The van der Waals surface area contributed by atoms with Crippen molar-refractivity contribution in [2.45, 2.75) is 4.90 Å². The summed E-state index contributed by atoms with van der Waals surface area (Å²) in [4.78, 5) is 22.8. The Balaban J connectivity index is 1.47. The second kappa shape index (κ2) is 7.25. The molecule has 3 aromatic rings. The molecular weight excluding hydrogens is 383 g/mol. The van der Waals surface area contributed by atoms with Gasteiger partial charge < -0.3 is 4.90 Å². The smallest absolute Gasteiger partial charge is 0.254 e. The minimum Gasteiger partial charge on any atom is -0.336 e. The Bertz CT molecular complexity index is 1130. The third kappa shape index (κ3) is 3.46. The van der Waals surface area contributed by atoms with Crippen LogP contribution in [0.15, 0.2) is 59.8 Å². The SMILES string of the molecule is O=C(c1ccc2nccnc2c1)N1CCN(S(=O)(=O)c2ccc(F)cc2)CC1. The van der Waals surface area contributed by atoms with Crippen LogP contribution in [0.1, 0.15) is 10.4 Å². The predicted molar refractivity (Wildman–Crippen MR) is 101 cm³/mol. The summed E-state index contributed by atoms with van der Waals surface area (Å²) in [6, 6.07) is 9.86. The number of hydrogen-bond donors (Lipinski definition) is 0. The maximum Gasteiger partial charge on any atom is 0.254 e. The van der Waals surface area contributed by atoms with Crippen LogP contribution in [-0.4, -0.2) is 59.7 Å². The second-order valence-electron chi connectivity index (χ2n) is 6.41. The fourth-order valence-electron chi connectivity index (χ4n) is 3.17. The number of benzene rings is 2. The van der Waals surface area contributed by atoms with E-state index in [1.54, 1.807) is 35.5 Å². The standard InChI is InChI=1S/C19H17FN4O3S/c20-15-2-4-16(5-3-15)28(26,27)24-11-9-23(10-12-24)19(25)14-1-6-17-18(13-14)22-8-7-21-17/h1-8,13H,9-12H2. The quantitative estimate of drug-likeness (QED) is 0.671. The highest BCUT2D eigenvalue weighted by Crippen LogP contribution is 2.19. The average Bonchev–Trinajstić information content (AvgIpc) is 2.73. The van der Waals surface area contributed by atoms with Gasteiger partial charge in [-0.1, -0.05) is 0 Å². The van der Waals surface area contributed by atoms with Gasteiger partial charge in [-0.15, -0.1) is 0 Å². The largest absolute Gasteiger partial charge is 0.336 e. The second-order valence-corrected chi connectivity index (χ2v) is 8.35. The molecule has 0 radical (unpaired) electrons. The molecule has 1 amide bonds. The number of halogens is 1. The van der Waals surface area contributed by atoms with Crippen molar-refractivity contribution in [1.82, 2.24) is 19.2 Å². The molecule has 1 saturated heterocycles. The van der Waals surface area contributed by atoms with E-state index in [9.17, 15) is 17.6 Å². The van der Waals surface area contributed by atoms with Crippen LogP contribution < -0.4 is 0 Å². The van der Waals surface area contributed by atoms with Gasteiger partial charge in [-0.25, -0.2) is 12.8 Å². The van der Waals surface area contributed by atoms with Crippen LogP contribution in [-0.2, 0) is 10.0 Å². The molecule has 1 aliphatic rings. The third-order valence-corrected chi connectivity index (χ3v) is 6.61. The number of rotatable bonds is 3. The van der Waals surface area contributed by atoms with Gasteiger partial charge in [0.1, 0.15) is 5.82 Å². The topological polar surface area (TPSA) is 83.5 Å². The van der Waals surface area contributed by atoms with Gasteiger partial charge in [0.05, 0.1) is 15.9 Å². The van der Waals surface area contributed by atoms with Crippen LogP contribution in [0, 0.1) is 5.82 Å². The van der Waals surface area contributed by atoms with Crippen molar-refractivity contribution in [3.05, 3.63) is 66.2 Å². The normalized spacial score (nSPS) is 15.7. The molecule has 1 aromatic heterocycles. The Kier molecular flexibility index (Phi) is 4.78. The van der Waals surface area contributed by atoms with Gasteiger partial charge >= 0.3 is 0 Å². The summed E-state index contributed by atoms with van der Waals surface area (Å²) in [5.41, 5.74) is 1.82. The van der Waals surface area contributed by atoms with Crippen LogP contribution in [0.5, 0.6) is 0 Å². The lowest BCUT2D eigenvalue weighted by Crippen LogP contribution is -2.50. The molecule has 2 aromatic carbocycles. The van der Waals surface area contributed by atoms with Gasteiger partial charge in [-0.2, -0.15) is 4.31 Å². The zero-order chi connectivity index (χ0) is 19.7. The van der Waals surface area contributed by atoms with Crippen molar-refractivity contribution in [2.75, 3.05) is 26.2 Å².